The van der Waals surface area contributed by atoms with E-state index in [1.54, 1.807) is 6.92 Å². The maximum absolute atomic E-state index is 9.51. The summed E-state index contributed by atoms with van der Waals surface area (Å²) >= 11 is 3.60. The maximum atomic E-state index is 9.51. The summed E-state index contributed by atoms with van der Waals surface area (Å²) in [5.74, 6) is 0. The predicted octanol–water partition coefficient (Wildman–Crippen LogP) is 3.49. The fourth-order valence-electron chi connectivity index (χ4n) is 2.17. The van der Waals surface area contributed by atoms with Crippen molar-refractivity contribution in [1.29, 1.82) is 0 Å². The molecule has 1 N–H and O–H groups in total. The van der Waals surface area contributed by atoms with Crippen LogP contribution >= 0.6 is 15.9 Å². The summed E-state index contributed by atoms with van der Waals surface area (Å²) in [4.78, 5) is 2.42. The smallest absolute Gasteiger partial charge is 0.0762 e. The minimum atomic E-state index is -0.397. The lowest BCUT2D eigenvalue weighted by Gasteiger charge is -2.30. The van der Waals surface area contributed by atoms with Crippen LogP contribution in [0, 0.1) is 0 Å². The van der Waals surface area contributed by atoms with Gasteiger partial charge in [0.1, 0.15) is 0 Å². The fourth-order valence-corrected chi connectivity index (χ4v) is 2.82. The Balaban J connectivity index is 2.21. The van der Waals surface area contributed by atoms with E-state index in [0.29, 0.717) is 0 Å². The third-order valence-corrected chi connectivity index (χ3v) is 3.79. The van der Waals surface area contributed by atoms with Gasteiger partial charge in [-0.3, -0.25) is 0 Å². The molecule has 1 aromatic rings. The largest absolute Gasteiger partial charge is 0.389 e. The van der Waals surface area contributed by atoms with Gasteiger partial charge in [-0.2, -0.15) is 0 Å². The molecule has 1 fully saturated rings. The van der Waals surface area contributed by atoms with Crippen molar-refractivity contribution in [3.05, 3.63) is 28.2 Å². The number of piperidine rings is 1. The fraction of sp³-hybridized carbons (Fsp3) is 0.538. The zero-order valence-corrected chi connectivity index (χ0v) is 11.2. The molecule has 1 heterocycles. The second kappa shape index (κ2) is 5.19. The number of aliphatic hydroxyl groups is 1. The van der Waals surface area contributed by atoms with Crippen LogP contribution in [0.3, 0.4) is 0 Å². The summed E-state index contributed by atoms with van der Waals surface area (Å²) in [6.45, 7) is 4.08. The molecule has 88 valence electrons. The molecule has 0 aliphatic carbocycles. The van der Waals surface area contributed by atoms with E-state index < -0.39 is 6.10 Å². The Bertz CT molecular complexity index is 359. The van der Waals surface area contributed by atoms with Crippen LogP contribution in [0.5, 0.6) is 0 Å². The van der Waals surface area contributed by atoms with Crippen molar-refractivity contribution >= 4 is 21.6 Å². The van der Waals surface area contributed by atoms with Crippen molar-refractivity contribution in [2.45, 2.75) is 32.3 Å². The van der Waals surface area contributed by atoms with E-state index in [9.17, 15) is 5.11 Å². The number of hydrogen-bond donors (Lipinski definition) is 1. The second-order valence-electron chi connectivity index (χ2n) is 4.43. The first kappa shape index (κ1) is 11.9. The van der Waals surface area contributed by atoms with Crippen LogP contribution in [0.15, 0.2) is 22.7 Å². The zero-order chi connectivity index (χ0) is 11.5. The molecule has 1 aromatic carbocycles. The standard InChI is InChI=1S/C13H18BrNO/c1-10(16)11-5-6-13(12(14)9-11)15-7-3-2-4-8-15/h5-6,9-10,16H,2-4,7-8H2,1H3/t10-/m1/s1. The molecule has 0 bridgehead atoms. The highest BCUT2D eigenvalue weighted by atomic mass is 79.9. The predicted molar refractivity (Wildman–Crippen MR) is 70.8 cm³/mol. The van der Waals surface area contributed by atoms with Gasteiger partial charge in [0.2, 0.25) is 0 Å². The van der Waals surface area contributed by atoms with Gasteiger partial charge in [0.25, 0.3) is 0 Å². The Hall–Kier alpha value is -0.540. The summed E-state index contributed by atoms with van der Waals surface area (Å²) in [5.41, 5.74) is 2.22. The van der Waals surface area contributed by atoms with Crippen molar-refractivity contribution in [3.8, 4) is 0 Å². The number of hydrogen-bond acceptors (Lipinski definition) is 2. The maximum Gasteiger partial charge on any atom is 0.0762 e. The van der Waals surface area contributed by atoms with Crippen LogP contribution in [0.2, 0.25) is 0 Å². The van der Waals surface area contributed by atoms with Gasteiger partial charge in [0.05, 0.1) is 11.8 Å². The Kier molecular flexibility index (Phi) is 3.87. The number of benzene rings is 1. The third kappa shape index (κ3) is 2.58. The van der Waals surface area contributed by atoms with Gasteiger partial charge in [-0.05, 0) is 59.8 Å². The number of anilines is 1. The van der Waals surface area contributed by atoms with Crippen molar-refractivity contribution in [2.24, 2.45) is 0 Å². The quantitative estimate of drug-likeness (QED) is 0.898. The molecule has 0 amide bonds. The van der Waals surface area contributed by atoms with Crippen LogP contribution in [0.25, 0.3) is 0 Å². The molecule has 0 aromatic heterocycles. The summed E-state index contributed by atoms with van der Waals surface area (Å²) in [7, 11) is 0. The van der Waals surface area contributed by atoms with Crippen LogP contribution in [0.1, 0.15) is 37.9 Å². The SMILES string of the molecule is C[C@@H](O)c1ccc(N2CCCCC2)c(Br)c1. The van der Waals surface area contributed by atoms with E-state index in [-0.39, 0.29) is 0 Å². The molecule has 0 saturated carbocycles. The summed E-state index contributed by atoms with van der Waals surface area (Å²) < 4.78 is 1.09. The molecule has 1 aliphatic rings. The van der Waals surface area contributed by atoms with E-state index in [0.717, 1.165) is 23.1 Å². The van der Waals surface area contributed by atoms with E-state index in [1.807, 2.05) is 12.1 Å². The van der Waals surface area contributed by atoms with Gasteiger partial charge in [-0.1, -0.05) is 6.07 Å². The minimum Gasteiger partial charge on any atom is -0.389 e. The van der Waals surface area contributed by atoms with E-state index in [4.69, 9.17) is 0 Å². The van der Waals surface area contributed by atoms with Gasteiger partial charge in [0, 0.05) is 17.6 Å². The molecule has 0 spiro atoms. The van der Waals surface area contributed by atoms with Crippen molar-refractivity contribution < 1.29 is 5.11 Å². The highest BCUT2D eigenvalue weighted by molar-refractivity contribution is 9.10. The lowest BCUT2D eigenvalue weighted by Crippen LogP contribution is -2.29. The molecular formula is C13H18BrNO. The highest BCUT2D eigenvalue weighted by Crippen LogP contribution is 2.31. The number of rotatable bonds is 2. The van der Waals surface area contributed by atoms with E-state index >= 15 is 0 Å². The monoisotopic (exact) mass is 283 g/mol. The topological polar surface area (TPSA) is 23.5 Å². The van der Waals surface area contributed by atoms with Gasteiger partial charge in [-0.25, -0.2) is 0 Å². The average Bonchev–Trinajstić information content (AvgIpc) is 2.30. The third-order valence-electron chi connectivity index (χ3n) is 3.15. The van der Waals surface area contributed by atoms with Gasteiger partial charge in [0.15, 0.2) is 0 Å². The van der Waals surface area contributed by atoms with Crippen LogP contribution in [-0.4, -0.2) is 18.2 Å². The van der Waals surface area contributed by atoms with Crippen LogP contribution in [0.4, 0.5) is 5.69 Å². The summed E-state index contributed by atoms with van der Waals surface area (Å²) in [6.07, 6.45) is 3.52. The lowest BCUT2D eigenvalue weighted by atomic mass is 10.1. The van der Waals surface area contributed by atoms with E-state index in [2.05, 4.69) is 26.9 Å². The Morgan fingerprint density at radius 2 is 1.94 bits per heavy atom. The van der Waals surface area contributed by atoms with Gasteiger partial charge >= 0.3 is 0 Å². The lowest BCUT2D eigenvalue weighted by molar-refractivity contribution is 0.199. The zero-order valence-electron chi connectivity index (χ0n) is 9.62. The molecule has 2 rings (SSSR count). The first-order valence-corrected chi connectivity index (χ1v) is 6.70. The Morgan fingerprint density at radius 1 is 1.25 bits per heavy atom. The Labute approximate surface area is 105 Å². The molecule has 1 atom stereocenters. The molecular weight excluding hydrogens is 266 g/mol. The minimum absolute atomic E-state index is 0.397. The van der Waals surface area contributed by atoms with E-state index in [1.165, 1.54) is 24.9 Å². The number of aliphatic hydroxyl groups excluding tert-OH is 1. The second-order valence-corrected chi connectivity index (χ2v) is 5.29. The molecule has 3 heteroatoms. The summed E-state index contributed by atoms with van der Waals surface area (Å²) in [6, 6.07) is 6.14. The highest BCUT2D eigenvalue weighted by Gasteiger charge is 2.14. The molecule has 0 radical (unpaired) electrons. The van der Waals surface area contributed by atoms with Crippen molar-refractivity contribution in [1.82, 2.24) is 0 Å². The number of halogens is 1. The first-order chi connectivity index (χ1) is 7.68. The number of nitrogens with zero attached hydrogens (tertiary/aromatic N) is 1. The molecule has 1 saturated heterocycles. The Morgan fingerprint density at radius 3 is 2.50 bits per heavy atom. The molecule has 2 nitrogen and oxygen atoms in total. The van der Waals surface area contributed by atoms with Gasteiger partial charge in [-0.15, -0.1) is 0 Å². The van der Waals surface area contributed by atoms with Crippen LogP contribution in [-0.2, 0) is 0 Å². The normalized spacial score (nSPS) is 18.6. The summed E-state index contributed by atoms with van der Waals surface area (Å²) in [5, 5.41) is 9.51. The van der Waals surface area contributed by atoms with Gasteiger partial charge < -0.3 is 10.0 Å². The van der Waals surface area contributed by atoms with Crippen molar-refractivity contribution in [2.75, 3.05) is 18.0 Å². The van der Waals surface area contributed by atoms with Crippen LogP contribution < -0.4 is 4.90 Å². The first-order valence-electron chi connectivity index (χ1n) is 5.91. The molecule has 1 aliphatic heterocycles. The average molecular weight is 284 g/mol. The molecule has 0 unspecified atom stereocenters. The molecule has 16 heavy (non-hydrogen) atoms. The van der Waals surface area contributed by atoms with Crippen molar-refractivity contribution in [3.63, 3.8) is 0 Å².